The summed E-state index contributed by atoms with van der Waals surface area (Å²) in [4.78, 5) is 77.2. The van der Waals surface area contributed by atoms with Crippen molar-refractivity contribution in [2.75, 3.05) is 40.8 Å². The monoisotopic (exact) mass is 644 g/mol. The Kier molecular flexibility index (Phi) is 14.7. The van der Waals surface area contributed by atoms with Crippen molar-refractivity contribution >= 4 is 40.2 Å². The molecule has 0 aliphatic carbocycles. The molecule has 0 aliphatic rings. The highest BCUT2D eigenvalue weighted by Crippen LogP contribution is 2.24. The third-order valence-electron chi connectivity index (χ3n) is 6.56. The fourth-order valence-corrected chi connectivity index (χ4v) is 7.24. The largest absolute Gasteiger partial charge is 0.602 e. The van der Waals surface area contributed by atoms with Gasteiger partial charge in [0.05, 0.1) is 19.6 Å². The third-order valence-corrected chi connectivity index (χ3v) is 8.91. The van der Waals surface area contributed by atoms with E-state index < -0.39 is 24.0 Å². The average Bonchev–Trinajstić information content (AvgIpc) is 2.96. The van der Waals surface area contributed by atoms with Crippen molar-refractivity contribution in [1.82, 2.24) is 19.6 Å². The van der Waals surface area contributed by atoms with Crippen LogP contribution in [0.15, 0.2) is 91.0 Å². The minimum Gasteiger partial charge on any atom is -0.602 e. The molecule has 0 bridgehead atoms. The molecule has 3 rings (SSSR count). The van der Waals surface area contributed by atoms with Gasteiger partial charge in [0.1, 0.15) is 0 Å². The van der Waals surface area contributed by atoms with Crippen LogP contribution in [-0.2, 0) is 19.6 Å². The molecule has 13 heteroatoms. The van der Waals surface area contributed by atoms with Crippen LogP contribution >= 0.6 is 24.0 Å². The van der Waals surface area contributed by atoms with E-state index in [1.54, 1.807) is 35.8 Å². The third kappa shape index (κ3) is 11.7. The molecule has 0 aromatic heterocycles. The Bertz CT molecular complexity index is 1210. The van der Waals surface area contributed by atoms with E-state index in [4.69, 9.17) is 0 Å². The van der Waals surface area contributed by atoms with Crippen molar-refractivity contribution in [3.05, 3.63) is 108 Å². The summed E-state index contributed by atoms with van der Waals surface area (Å²) in [7, 11) is -3.97. The summed E-state index contributed by atoms with van der Waals surface area (Å²) in [5.41, 5.74) is 2.45. The van der Waals surface area contributed by atoms with Crippen LogP contribution in [0.1, 0.15) is 16.7 Å². The molecule has 0 aliphatic heterocycles. The number of hydrogen-bond acceptors (Lipinski definition) is 9. The van der Waals surface area contributed by atoms with Crippen LogP contribution in [0.3, 0.4) is 0 Å². The molecule has 3 aromatic rings. The molecule has 3 aromatic carbocycles. The van der Waals surface area contributed by atoms with Gasteiger partial charge in [-0.3, -0.25) is 14.7 Å². The topological polar surface area (TPSA) is 143 Å². The van der Waals surface area contributed by atoms with Gasteiger partial charge in [0, 0.05) is 19.6 Å². The van der Waals surface area contributed by atoms with Gasteiger partial charge < -0.3 is 14.7 Å². The predicted molar refractivity (Wildman–Crippen MR) is 173 cm³/mol. The van der Waals surface area contributed by atoms with Gasteiger partial charge in [-0.15, -0.1) is 4.90 Å². The SMILES string of the molecule is CN(C/C(N(/C(CN(C)Cc1ccccc1)=[P+](\[O-])O)/C(CN(C)Cc1ccccc1)=[P+](\[O-])O)=[P+](\[O-])O)Cc1ccccc1. The molecule has 43 heavy (non-hydrogen) atoms. The molecular formula is C30H39N4O6P3. The standard InChI is InChI=1S/C30H39N4O6P3/c1-31(19-25-13-7-4-8-14-25)22-28(41(35)36)34(29(42(37)38)23-32(2)20-26-15-9-5-10-16-26)30(43(39)40)24-33(3)21-27-17-11-6-12-18-27/h4-18H,19-24H2,1-3H3,(H,35,36)(H,37,38)(H,39,40). The molecule has 0 radical (unpaired) electrons. The Hall–Kier alpha value is -2.23. The number of nitrogens with zero attached hydrogens (tertiary/aromatic N) is 4. The first-order chi connectivity index (χ1) is 20.5. The molecular weight excluding hydrogens is 605 g/mol. The van der Waals surface area contributed by atoms with Crippen LogP contribution in [0.2, 0.25) is 0 Å². The van der Waals surface area contributed by atoms with Crippen LogP contribution in [0, 0.1) is 0 Å². The van der Waals surface area contributed by atoms with E-state index in [-0.39, 0.29) is 35.9 Å². The summed E-state index contributed by atoms with van der Waals surface area (Å²) < 4.78 is 0. The van der Waals surface area contributed by atoms with Gasteiger partial charge in [0.15, 0.2) is 0 Å². The second kappa shape index (κ2) is 17.9. The number of rotatable bonds is 15. The maximum atomic E-state index is 13.0. The quantitative estimate of drug-likeness (QED) is 0.206. The van der Waals surface area contributed by atoms with Gasteiger partial charge in [0.25, 0.3) is 0 Å². The highest BCUT2D eigenvalue weighted by Gasteiger charge is 2.39. The second-order valence-electron chi connectivity index (χ2n) is 10.4. The minimum atomic E-state index is -3.08. The summed E-state index contributed by atoms with van der Waals surface area (Å²) in [5.74, 6) is 0. The molecule has 230 valence electrons. The van der Waals surface area contributed by atoms with Crippen LogP contribution in [-0.4, -0.2) is 91.3 Å². The Morgan fingerprint density at radius 1 is 0.488 bits per heavy atom. The van der Waals surface area contributed by atoms with Gasteiger partial charge in [-0.1, -0.05) is 91.0 Å². The van der Waals surface area contributed by atoms with Crippen LogP contribution in [0.5, 0.6) is 0 Å². The minimum absolute atomic E-state index is 0.0925. The maximum absolute atomic E-state index is 13.0. The fraction of sp³-hybridized carbons (Fsp3) is 0.300. The molecule has 0 heterocycles. The molecule has 0 saturated carbocycles. The molecule has 0 fully saturated rings. The van der Waals surface area contributed by atoms with Crippen molar-refractivity contribution in [1.29, 1.82) is 0 Å². The maximum Gasteiger partial charge on any atom is 0.235 e. The summed E-state index contributed by atoms with van der Waals surface area (Å²) in [6.45, 7) is 0.985. The van der Waals surface area contributed by atoms with Crippen molar-refractivity contribution in [3.63, 3.8) is 0 Å². The Labute approximate surface area is 257 Å². The Balaban J connectivity index is 2.00. The first-order valence-corrected chi connectivity index (χ1v) is 17.2. The Morgan fingerprint density at radius 3 is 0.930 bits per heavy atom. The summed E-state index contributed by atoms with van der Waals surface area (Å²) >= 11 is 0. The van der Waals surface area contributed by atoms with E-state index in [1.165, 1.54) is 0 Å². The van der Waals surface area contributed by atoms with Crippen LogP contribution < -0.4 is 14.7 Å². The number of hydrogen-bond donors (Lipinski definition) is 3. The zero-order valence-corrected chi connectivity index (χ0v) is 27.3. The van der Waals surface area contributed by atoms with E-state index >= 15 is 0 Å². The van der Waals surface area contributed by atoms with E-state index in [0.29, 0.717) is 19.6 Å². The zero-order chi connectivity index (χ0) is 31.4. The van der Waals surface area contributed by atoms with E-state index in [2.05, 4.69) is 0 Å². The number of benzene rings is 3. The fourth-order valence-electron chi connectivity index (χ4n) is 4.67. The van der Waals surface area contributed by atoms with Crippen molar-refractivity contribution in [2.45, 2.75) is 19.6 Å². The van der Waals surface area contributed by atoms with Gasteiger partial charge in [-0.2, -0.15) is 14.7 Å². The molecule has 3 atom stereocenters. The van der Waals surface area contributed by atoms with Gasteiger partial charge in [0.2, 0.25) is 40.2 Å². The smallest absolute Gasteiger partial charge is 0.235 e. The lowest BCUT2D eigenvalue weighted by Gasteiger charge is -2.28. The molecule has 0 amide bonds. The summed E-state index contributed by atoms with van der Waals surface area (Å²) in [6.07, 6.45) is 0. The van der Waals surface area contributed by atoms with E-state index in [1.807, 2.05) is 91.0 Å². The average molecular weight is 645 g/mol. The van der Waals surface area contributed by atoms with Crippen LogP contribution in [0.4, 0.5) is 0 Å². The second-order valence-corrected chi connectivity index (χ2v) is 13.6. The lowest BCUT2D eigenvalue weighted by Crippen LogP contribution is -2.52. The zero-order valence-electron chi connectivity index (χ0n) is 24.6. The molecule has 3 unspecified atom stereocenters. The van der Waals surface area contributed by atoms with Crippen LogP contribution in [0.25, 0.3) is 0 Å². The van der Waals surface area contributed by atoms with Gasteiger partial charge >= 0.3 is 0 Å². The molecule has 3 N–H and O–H groups in total. The Morgan fingerprint density at radius 2 is 0.721 bits per heavy atom. The van der Waals surface area contributed by atoms with Crippen molar-refractivity contribution in [3.8, 4) is 0 Å². The summed E-state index contributed by atoms with van der Waals surface area (Å²) in [6, 6.07) is 28.6. The highest BCUT2D eigenvalue weighted by molar-refractivity contribution is 7.50. The normalized spacial score (nSPS) is 13.9. The van der Waals surface area contributed by atoms with Crippen molar-refractivity contribution in [2.24, 2.45) is 0 Å². The van der Waals surface area contributed by atoms with Crippen molar-refractivity contribution < 1.29 is 29.4 Å². The summed E-state index contributed by atoms with van der Waals surface area (Å²) in [5, 5.41) is 0. The lowest BCUT2D eigenvalue weighted by atomic mass is 10.2. The molecule has 0 saturated heterocycles. The first kappa shape index (κ1) is 35.3. The highest BCUT2D eigenvalue weighted by atomic mass is 31.1. The van der Waals surface area contributed by atoms with Gasteiger partial charge in [-0.05, 0) is 37.8 Å². The van der Waals surface area contributed by atoms with Gasteiger partial charge in [-0.25, -0.2) is 0 Å². The molecule has 10 nitrogen and oxygen atoms in total. The van der Waals surface area contributed by atoms with E-state index in [0.717, 1.165) is 21.6 Å². The first-order valence-electron chi connectivity index (χ1n) is 13.6. The number of likely N-dealkylation sites (N-methyl/N-ethyl adjacent to an activating group) is 3. The van der Waals surface area contributed by atoms with E-state index in [9.17, 15) is 29.4 Å². The predicted octanol–water partition coefficient (Wildman–Crippen LogP) is 1.07. The lowest BCUT2D eigenvalue weighted by molar-refractivity contribution is -0.168. The molecule has 0 spiro atoms.